The van der Waals surface area contributed by atoms with Crippen LogP contribution in [-0.4, -0.2) is 29.7 Å². The Bertz CT molecular complexity index is 502. The van der Waals surface area contributed by atoms with E-state index in [-0.39, 0.29) is 23.7 Å². The minimum atomic E-state index is 0.0261. The van der Waals surface area contributed by atoms with Gasteiger partial charge in [-0.25, -0.2) is 0 Å². The van der Waals surface area contributed by atoms with E-state index in [1.54, 1.807) is 4.90 Å². The van der Waals surface area contributed by atoms with Gasteiger partial charge in [-0.2, -0.15) is 0 Å². The molecule has 1 aliphatic heterocycles. The number of ketones is 1. The molecule has 1 amide bonds. The molecule has 0 radical (unpaired) electrons. The van der Waals surface area contributed by atoms with Gasteiger partial charge in [0, 0.05) is 18.5 Å². The number of carbonyl (C=O) groups excluding carboxylic acids is 2. The first kappa shape index (κ1) is 15.7. The van der Waals surface area contributed by atoms with Crippen LogP contribution in [-0.2, 0) is 4.79 Å². The van der Waals surface area contributed by atoms with Crippen molar-refractivity contribution < 1.29 is 9.59 Å². The van der Waals surface area contributed by atoms with Crippen LogP contribution in [0.4, 0.5) is 0 Å². The Hall–Kier alpha value is -1.64. The molecule has 1 aliphatic rings. The maximum Gasteiger partial charge on any atom is 0.222 e. The third-order valence-electron chi connectivity index (χ3n) is 4.46. The van der Waals surface area contributed by atoms with Crippen molar-refractivity contribution in [2.45, 2.75) is 40.0 Å². The summed E-state index contributed by atoms with van der Waals surface area (Å²) in [5.41, 5.74) is 0.904. The van der Waals surface area contributed by atoms with Crippen LogP contribution >= 0.6 is 0 Å². The van der Waals surface area contributed by atoms with Crippen molar-refractivity contribution in [2.75, 3.05) is 13.1 Å². The highest BCUT2D eigenvalue weighted by molar-refractivity contribution is 5.99. The number of likely N-dealkylation sites (tertiary alicyclic amines) is 1. The van der Waals surface area contributed by atoms with Gasteiger partial charge in [-0.05, 0) is 24.2 Å². The minimum absolute atomic E-state index is 0.0261. The molecular weight excluding hydrogens is 262 g/mol. The number of carbonyl (C=O) groups is 2. The third kappa shape index (κ3) is 4.16. The van der Waals surface area contributed by atoms with Crippen molar-refractivity contribution in [3.63, 3.8) is 0 Å². The van der Waals surface area contributed by atoms with Crippen molar-refractivity contribution in [2.24, 2.45) is 11.3 Å². The molecule has 1 saturated heterocycles. The molecule has 1 aromatic rings. The van der Waals surface area contributed by atoms with E-state index in [1.165, 1.54) is 0 Å². The van der Waals surface area contributed by atoms with E-state index in [9.17, 15) is 9.59 Å². The molecule has 0 aliphatic carbocycles. The fourth-order valence-electron chi connectivity index (χ4n) is 2.96. The lowest BCUT2D eigenvalue weighted by molar-refractivity contribution is -0.130. The zero-order valence-corrected chi connectivity index (χ0v) is 13.3. The summed E-state index contributed by atoms with van der Waals surface area (Å²) in [5, 5.41) is 0. The largest absolute Gasteiger partial charge is 0.335 e. The van der Waals surface area contributed by atoms with E-state index in [1.807, 2.05) is 30.3 Å². The second kappa shape index (κ2) is 6.42. The van der Waals surface area contributed by atoms with Crippen LogP contribution in [0.25, 0.3) is 0 Å². The van der Waals surface area contributed by atoms with E-state index in [2.05, 4.69) is 20.8 Å². The van der Waals surface area contributed by atoms with E-state index in [0.717, 1.165) is 12.8 Å². The van der Waals surface area contributed by atoms with Crippen LogP contribution in [0.2, 0.25) is 0 Å². The number of Topliss-reactive ketones (excluding diaryl/α,β-unsaturated/α-hetero) is 1. The van der Waals surface area contributed by atoms with E-state index < -0.39 is 0 Å². The number of hydrogen-bond donors (Lipinski definition) is 0. The predicted molar refractivity (Wildman–Crippen MR) is 84.1 cm³/mol. The molecule has 1 heterocycles. The molecule has 0 N–H and O–H groups in total. The Labute approximate surface area is 127 Å². The summed E-state index contributed by atoms with van der Waals surface area (Å²) in [7, 11) is 0. The van der Waals surface area contributed by atoms with E-state index in [0.29, 0.717) is 24.4 Å². The summed E-state index contributed by atoms with van der Waals surface area (Å²) in [6.07, 6.45) is 2.47. The fraction of sp³-hybridized carbons (Fsp3) is 0.556. The Balaban J connectivity index is 2.00. The standard InChI is InChI=1S/C18H25NO2/c1-18(2,3)15-9-10-17(21)19(12-11-15)13-16(20)14-7-5-4-6-8-14/h4-8,15H,9-13H2,1-3H3. The predicted octanol–water partition coefficient (Wildman–Crippen LogP) is 3.54. The highest BCUT2D eigenvalue weighted by atomic mass is 16.2. The lowest BCUT2D eigenvalue weighted by Gasteiger charge is -2.29. The van der Waals surface area contributed by atoms with Gasteiger partial charge < -0.3 is 4.90 Å². The number of benzene rings is 1. The van der Waals surface area contributed by atoms with Crippen LogP contribution in [0.1, 0.15) is 50.4 Å². The van der Waals surface area contributed by atoms with Crippen molar-refractivity contribution >= 4 is 11.7 Å². The summed E-state index contributed by atoms with van der Waals surface area (Å²) >= 11 is 0. The monoisotopic (exact) mass is 287 g/mol. The number of hydrogen-bond acceptors (Lipinski definition) is 2. The highest BCUT2D eigenvalue weighted by Gasteiger charge is 2.30. The van der Waals surface area contributed by atoms with Crippen LogP contribution in [0, 0.1) is 11.3 Å². The molecule has 21 heavy (non-hydrogen) atoms. The molecule has 0 spiro atoms. The summed E-state index contributed by atoms with van der Waals surface area (Å²) in [6, 6.07) is 9.22. The third-order valence-corrected chi connectivity index (χ3v) is 4.46. The lowest BCUT2D eigenvalue weighted by Crippen LogP contribution is -2.35. The number of rotatable bonds is 3. The van der Waals surface area contributed by atoms with Crippen molar-refractivity contribution in [3.05, 3.63) is 35.9 Å². The number of amides is 1. The Morgan fingerprint density at radius 3 is 2.48 bits per heavy atom. The van der Waals surface area contributed by atoms with E-state index in [4.69, 9.17) is 0 Å². The van der Waals surface area contributed by atoms with E-state index >= 15 is 0 Å². The first-order chi connectivity index (χ1) is 9.88. The lowest BCUT2D eigenvalue weighted by atomic mass is 9.77. The number of nitrogens with zero attached hydrogens (tertiary/aromatic N) is 1. The molecule has 114 valence electrons. The van der Waals surface area contributed by atoms with Gasteiger partial charge in [0.1, 0.15) is 0 Å². The molecule has 1 atom stereocenters. The van der Waals surface area contributed by atoms with Gasteiger partial charge in [0.15, 0.2) is 5.78 Å². The van der Waals surface area contributed by atoms with Crippen LogP contribution in [0.3, 0.4) is 0 Å². The summed E-state index contributed by atoms with van der Waals surface area (Å²) in [4.78, 5) is 26.2. The molecule has 3 nitrogen and oxygen atoms in total. The second-order valence-electron chi connectivity index (χ2n) is 6.99. The van der Waals surface area contributed by atoms with Gasteiger partial charge >= 0.3 is 0 Å². The van der Waals surface area contributed by atoms with Gasteiger partial charge in [-0.15, -0.1) is 0 Å². The van der Waals surface area contributed by atoms with Crippen molar-refractivity contribution in [1.82, 2.24) is 4.90 Å². The maximum atomic E-state index is 12.3. The molecular formula is C18H25NO2. The zero-order valence-electron chi connectivity index (χ0n) is 13.3. The fourth-order valence-corrected chi connectivity index (χ4v) is 2.96. The maximum absolute atomic E-state index is 12.3. The molecule has 3 heteroatoms. The first-order valence-electron chi connectivity index (χ1n) is 7.74. The smallest absolute Gasteiger partial charge is 0.222 e. The minimum Gasteiger partial charge on any atom is -0.335 e. The van der Waals surface area contributed by atoms with Crippen LogP contribution < -0.4 is 0 Å². The normalized spacial score (nSPS) is 20.2. The average Bonchev–Trinajstić information content (AvgIpc) is 2.62. The topological polar surface area (TPSA) is 37.4 Å². The van der Waals surface area contributed by atoms with Gasteiger partial charge in [0.05, 0.1) is 6.54 Å². The SMILES string of the molecule is CC(C)(C)C1CCC(=O)N(CC(=O)c2ccccc2)CC1. The molecule has 2 rings (SSSR count). The van der Waals surface area contributed by atoms with Gasteiger partial charge in [0.25, 0.3) is 0 Å². The van der Waals surface area contributed by atoms with Gasteiger partial charge in [0.2, 0.25) is 5.91 Å². The molecule has 1 fully saturated rings. The summed E-state index contributed by atoms with van der Waals surface area (Å²) in [6.45, 7) is 7.59. The Kier molecular flexibility index (Phi) is 4.81. The molecule has 1 aromatic carbocycles. The van der Waals surface area contributed by atoms with Gasteiger partial charge in [-0.1, -0.05) is 51.1 Å². The van der Waals surface area contributed by atoms with Crippen molar-refractivity contribution in [3.8, 4) is 0 Å². The first-order valence-corrected chi connectivity index (χ1v) is 7.74. The molecule has 1 unspecified atom stereocenters. The highest BCUT2D eigenvalue weighted by Crippen LogP contribution is 2.34. The second-order valence-corrected chi connectivity index (χ2v) is 6.99. The molecule has 0 aromatic heterocycles. The Morgan fingerprint density at radius 2 is 1.86 bits per heavy atom. The summed E-state index contributed by atoms with van der Waals surface area (Å²) < 4.78 is 0. The van der Waals surface area contributed by atoms with Crippen LogP contribution in [0.5, 0.6) is 0 Å². The Morgan fingerprint density at radius 1 is 1.19 bits per heavy atom. The van der Waals surface area contributed by atoms with Crippen molar-refractivity contribution in [1.29, 1.82) is 0 Å². The van der Waals surface area contributed by atoms with Gasteiger partial charge in [-0.3, -0.25) is 9.59 Å². The average molecular weight is 287 g/mol. The quantitative estimate of drug-likeness (QED) is 0.797. The molecule has 0 bridgehead atoms. The zero-order chi connectivity index (χ0) is 15.5. The molecule has 0 saturated carbocycles. The van der Waals surface area contributed by atoms with Crippen LogP contribution in [0.15, 0.2) is 30.3 Å². The summed E-state index contributed by atoms with van der Waals surface area (Å²) in [5.74, 6) is 0.683.